The number of hydrogen-bond donors (Lipinski definition) is 0. The molecule has 23 heavy (non-hydrogen) atoms. The van der Waals surface area contributed by atoms with E-state index in [0.29, 0.717) is 12.2 Å². The van der Waals surface area contributed by atoms with Crippen molar-refractivity contribution in [1.29, 1.82) is 0 Å². The number of carbonyl (C=O) groups is 1. The van der Waals surface area contributed by atoms with Crippen LogP contribution in [-0.4, -0.2) is 22.2 Å². The molecule has 0 spiro atoms. The van der Waals surface area contributed by atoms with Gasteiger partial charge < -0.3 is 4.74 Å². The van der Waals surface area contributed by atoms with Gasteiger partial charge in [-0.3, -0.25) is 4.79 Å². The average Bonchev–Trinajstić information content (AvgIpc) is 2.93. The first kappa shape index (κ1) is 14.6. The molecule has 1 aliphatic carbocycles. The van der Waals surface area contributed by atoms with E-state index < -0.39 is 0 Å². The molecule has 4 nitrogen and oxygen atoms in total. The van der Waals surface area contributed by atoms with Crippen LogP contribution in [-0.2, 0) is 9.53 Å². The fourth-order valence-electron chi connectivity index (χ4n) is 3.69. The van der Waals surface area contributed by atoms with Crippen LogP contribution in [0.2, 0.25) is 0 Å². The maximum absolute atomic E-state index is 12.2. The first-order chi connectivity index (χ1) is 11.2. The quantitative estimate of drug-likeness (QED) is 0.786. The maximum Gasteiger partial charge on any atom is 0.150 e. The number of benzene rings is 1. The highest BCUT2D eigenvalue weighted by Crippen LogP contribution is 2.32. The molecule has 1 aromatic heterocycles. The van der Waals surface area contributed by atoms with Crippen LogP contribution in [0.15, 0.2) is 30.4 Å². The Hall–Kier alpha value is -1.94. The second-order valence-corrected chi connectivity index (χ2v) is 6.56. The third-order valence-electron chi connectivity index (χ3n) is 4.99. The highest BCUT2D eigenvalue weighted by molar-refractivity contribution is 5.90. The summed E-state index contributed by atoms with van der Waals surface area (Å²) in [6.45, 7) is 2.85. The number of aromatic nitrogens is 2. The minimum Gasteiger partial charge on any atom is -0.356 e. The molecule has 1 aliphatic heterocycles. The third kappa shape index (κ3) is 2.61. The van der Waals surface area contributed by atoms with E-state index in [-0.39, 0.29) is 12.1 Å². The lowest BCUT2D eigenvalue weighted by Crippen LogP contribution is -2.19. The number of hydrogen-bond acceptors (Lipinski definition) is 3. The van der Waals surface area contributed by atoms with E-state index in [1.165, 1.54) is 6.42 Å². The first-order valence-corrected chi connectivity index (χ1v) is 8.52. The van der Waals surface area contributed by atoms with Crippen molar-refractivity contribution in [3.05, 3.63) is 41.6 Å². The minimum absolute atomic E-state index is 0.00178. The lowest BCUT2D eigenvalue weighted by Gasteiger charge is -2.23. The Morgan fingerprint density at radius 2 is 2.17 bits per heavy atom. The summed E-state index contributed by atoms with van der Waals surface area (Å²) in [4.78, 5) is 12.2. The molecule has 0 radical (unpaired) electrons. The zero-order valence-corrected chi connectivity index (χ0v) is 13.5. The fraction of sp³-hybridized carbons (Fsp3) is 0.474. The third-order valence-corrected chi connectivity index (χ3v) is 4.99. The van der Waals surface area contributed by atoms with Crippen molar-refractivity contribution in [1.82, 2.24) is 9.78 Å². The topological polar surface area (TPSA) is 44.1 Å². The number of fused-ring (bicyclic) bond motifs is 1. The molecule has 4 heteroatoms. The van der Waals surface area contributed by atoms with Crippen LogP contribution in [0.4, 0.5) is 0 Å². The fourth-order valence-corrected chi connectivity index (χ4v) is 3.69. The van der Waals surface area contributed by atoms with Gasteiger partial charge in [0.15, 0.2) is 6.23 Å². The summed E-state index contributed by atoms with van der Waals surface area (Å²) in [6.07, 6.45) is 8.83. The van der Waals surface area contributed by atoms with E-state index in [1.54, 1.807) is 0 Å². The molecule has 120 valence electrons. The van der Waals surface area contributed by atoms with Crippen molar-refractivity contribution < 1.29 is 9.53 Å². The summed E-state index contributed by atoms with van der Waals surface area (Å²) in [5, 5.41) is 5.85. The number of ether oxygens (including phenoxy) is 1. The molecule has 0 bridgehead atoms. The number of allylic oxidation sites excluding steroid dienone is 2. The highest BCUT2D eigenvalue weighted by atomic mass is 16.5. The molecule has 1 saturated heterocycles. The molecule has 2 aliphatic rings. The van der Waals surface area contributed by atoms with Crippen LogP contribution >= 0.6 is 0 Å². The molecule has 1 aromatic carbocycles. The Morgan fingerprint density at radius 1 is 1.26 bits per heavy atom. The van der Waals surface area contributed by atoms with E-state index in [2.05, 4.69) is 24.3 Å². The van der Waals surface area contributed by atoms with Gasteiger partial charge in [0.2, 0.25) is 0 Å². The van der Waals surface area contributed by atoms with E-state index in [0.717, 1.165) is 48.0 Å². The normalized spacial score (nSPS) is 25.2. The molecule has 4 rings (SSSR count). The van der Waals surface area contributed by atoms with Gasteiger partial charge in [0.25, 0.3) is 0 Å². The smallest absolute Gasteiger partial charge is 0.150 e. The molecule has 2 atom stereocenters. The van der Waals surface area contributed by atoms with Gasteiger partial charge >= 0.3 is 0 Å². The van der Waals surface area contributed by atoms with Gasteiger partial charge in [0, 0.05) is 24.3 Å². The van der Waals surface area contributed by atoms with Crippen molar-refractivity contribution in [3.8, 4) is 0 Å². The van der Waals surface area contributed by atoms with Crippen molar-refractivity contribution in [2.45, 2.75) is 51.2 Å². The lowest BCUT2D eigenvalue weighted by atomic mass is 9.86. The molecular weight excluding hydrogens is 288 g/mol. The Kier molecular flexibility index (Phi) is 3.77. The van der Waals surface area contributed by atoms with Crippen molar-refractivity contribution in [3.63, 3.8) is 0 Å². The van der Waals surface area contributed by atoms with Crippen LogP contribution in [0, 0.1) is 6.92 Å². The molecule has 2 heterocycles. The standard InChI is InChI=1S/C19H22N2O2/c1-13-16-12-14(15-6-2-3-7-18(15)22)9-10-17(16)21(20-13)19-8-4-5-11-23-19/h2-3,9-10,12,15,19H,4-8,11H2,1H3. The van der Waals surface area contributed by atoms with Crippen molar-refractivity contribution in [2.24, 2.45) is 0 Å². The maximum atomic E-state index is 12.2. The Morgan fingerprint density at radius 3 is 2.96 bits per heavy atom. The Bertz CT molecular complexity index is 769. The number of rotatable bonds is 2. The van der Waals surface area contributed by atoms with Gasteiger partial charge in [-0.25, -0.2) is 4.68 Å². The van der Waals surface area contributed by atoms with Crippen molar-refractivity contribution >= 4 is 16.7 Å². The van der Waals surface area contributed by atoms with E-state index >= 15 is 0 Å². The van der Waals surface area contributed by atoms with Gasteiger partial charge in [-0.05, 0) is 50.3 Å². The molecular formula is C19H22N2O2. The van der Waals surface area contributed by atoms with E-state index in [4.69, 9.17) is 9.84 Å². The van der Waals surface area contributed by atoms with Crippen LogP contribution < -0.4 is 0 Å². The second-order valence-electron chi connectivity index (χ2n) is 6.56. The van der Waals surface area contributed by atoms with Gasteiger partial charge in [-0.1, -0.05) is 18.2 Å². The van der Waals surface area contributed by atoms with Crippen LogP contribution in [0.1, 0.15) is 55.5 Å². The molecule has 0 amide bonds. The number of aryl methyl sites for hydroxylation is 1. The number of ketones is 1. The molecule has 2 unspecified atom stereocenters. The predicted octanol–water partition coefficient (Wildman–Crippen LogP) is 4.05. The van der Waals surface area contributed by atoms with Gasteiger partial charge in [-0.2, -0.15) is 5.10 Å². The summed E-state index contributed by atoms with van der Waals surface area (Å²) in [5.74, 6) is 0.311. The average molecular weight is 310 g/mol. The predicted molar refractivity (Wildman–Crippen MR) is 89.4 cm³/mol. The monoisotopic (exact) mass is 310 g/mol. The Balaban J connectivity index is 1.73. The SMILES string of the molecule is Cc1nn(C2CCCCO2)c2ccc(C3CC=CCC3=O)cc12. The number of Topliss-reactive ketones (excluding diaryl/α,β-unsaturated/α-hetero) is 1. The number of carbonyl (C=O) groups excluding carboxylic acids is 1. The van der Waals surface area contributed by atoms with Crippen LogP contribution in [0.3, 0.4) is 0 Å². The molecule has 0 N–H and O–H groups in total. The summed E-state index contributed by atoms with van der Waals surface area (Å²) in [5.41, 5.74) is 3.23. The van der Waals surface area contributed by atoms with E-state index in [1.807, 2.05) is 17.7 Å². The zero-order valence-electron chi connectivity index (χ0n) is 13.5. The first-order valence-electron chi connectivity index (χ1n) is 8.52. The molecule has 1 fully saturated rings. The highest BCUT2D eigenvalue weighted by Gasteiger charge is 2.24. The van der Waals surface area contributed by atoms with Crippen LogP contribution in [0.25, 0.3) is 10.9 Å². The largest absolute Gasteiger partial charge is 0.356 e. The minimum atomic E-state index is -0.00178. The number of nitrogens with zero attached hydrogens (tertiary/aromatic N) is 2. The van der Waals surface area contributed by atoms with Gasteiger partial charge in [0.1, 0.15) is 5.78 Å². The summed E-state index contributed by atoms with van der Waals surface area (Å²) in [6, 6.07) is 6.34. The summed E-state index contributed by atoms with van der Waals surface area (Å²) < 4.78 is 7.91. The van der Waals surface area contributed by atoms with Gasteiger partial charge in [-0.15, -0.1) is 0 Å². The molecule has 2 aromatic rings. The Labute approximate surface area is 136 Å². The van der Waals surface area contributed by atoms with Crippen LogP contribution in [0.5, 0.6) is 0 Å². The summed E-state index contributed by atoms with van der Waals surface area (Å²) >= 11 is 0. The van der Waals surface area contributed by atoms with E-state index in [9.17, 15) is 4.79 Å². The zero-order chi connectivity index (χ0) is 15.8. The van der Waals surface area contributed by atoms with Gasteiger partial charge in [0.05, 0.1) is 11.2 Å². The van der Waals surface area contributed by atoms with Crippen molar-refractivity contribution in [2.75, 3.05) is 6.61 Å². The molecule has 0 saturated carbocycles. The summed E-state index contributed by atoms with van der Waals surface area (Å²) in [7, 11) is 0. The lowest BCUT2D eigenvalue weighted by molar-refractivity contribution is -0.119. The second kappa shape index (κ2) is 5.93.